The Balaban J connectivity index is 0.000000490. The van der Waals surface area contributed by atoms with Crippen LogP contribution < -0.4 is 5.32 Å². The fraction of sp³-hybridized carbons (Fsp3) is 0.800. The predicted molar refractivity (Wildman–Crippen MR) is 34.3 cm³/mol. The molecule has 0 aromatic carbocycles. The molecule has 1 N–H and O–H groups in total. The van der Waals surface area contributed by atoms with E-state index in [1.807, 2.05) is 0 Å². The molecule has 1 rings (SSSR count). The molecule has 0 unspecified atom stereocenters. The number of hydrogen-bond donors (Lipinski definition) is 1. The molecular formula is C5H10ClNO. The van der Waals surface area contributed by atoms with E-state index in [1.54, 1.807) is 0 Å². The standard InChI is InChI=1S/C5H9NO.ClH/c7-4-5-1-2-6-3-5;/h4-6H,1-3H2;1H/t5-;/m1./s1. The Bertz CT molecular complexity index is 70.8. The molecule has 0 bridgehead atoms. The molecule has 1 fully saturated rings. The topological polar surface area (TPSA) is 29.1 Å². The highest BCUT2D eigenvalue weighted by Gasteiger charge is 2.11. The third kappa shape index (κ3) is 1.80. The van der Waals surface area contributed by atoms with Gasteiger partial charge in [-0.15, -0.1) is 12.4 Å². The van der Waals surface area contributed by atoms with Gasteiger partial charge in [0.25, 0.3) is 0 Å². The molecule has 0 saturated carbocycles. The molecule has 0 spiro atoms. The highest BCUT2D eigenvalue weighted by molar-refractivity contribution is 5.85. The summed E-state index contributed by atoms with van der Waals surface area (Å²) in [6.07, 6.45) is 2.06. The van der Waals surface area contributed by atoms with Gasteiger partial charge in [-0.2, -0.15) is 0 Å². The largest absolute Gasteiger partial charge is 0.316 e. The second kappa shape index (κ2) is 3.87. The van der Waals surface area contributed by atoms with Gasteiger partial charge in [-0.3, -0.25) is 0 Å². The summed E-state index contributed by atoms with van der Waals surface area (Å²) in [6, 6.07) is 0. The number of aldehydes is 1. The van der Waals surface area contributed by atoms with Crippen molar-refractivity contribution in [1.29, 1.82) is 0 Å². The average molecular weight is 136 g/mol. The van der Waals surface area contributed by atoms with Crippen LogP contribution in [0.5, 0.6) is 0 Å². The van der Waals surface area contributed by atoms with E-state index < -0.39 is 0 Å². The lowest BCUT2D eigenvalue weighted by Gasteiger charge is -1.89. The Morgan fingerprint density at radius 1 is 1.62 bits per heavy atom. The van der Waals surface area contributed by atoms with E-state index in [2.05, 4.69) is 5.32 Å². The SMILES string of the molecule is Cl.O=C[C@@H]1CCNC1. The molecule has 0 aromatic heterocycles. The van der Waals surface area contributed by atoms with Crippen LogP contribution in [0.1, 0.15) is 6.42 Å². The van der Waals surface area contributed by atoms with Crippen LogP contribution in [0.15, 0.2) is 0 Å². The number of halogens is 1. The molecule has 0 aliphatic carbocycles. The minimum atomic E-state index is 0. The van der Waals surface area contributed by atoms with Crippen LogP contribution >= 0.6 is 12.4 Å². The summed E-state index contributed by atoms with van der Waals surface area (Å²) in [4.78, 5) is 9.97. The smallest absolute Gasteiger partial charge is 0.124 e. The van der Waals surface area contributed by atoms with Crippen molar-refractivity contribution in [3.8, 4) is 0 Å². The molecule has 3 heteroatoms. The van der Waals surface area contributed by atoms with Crippen LogP contribution in [0.2, 0.25) is 0 Å². The van der Waals surface area contributed by atoms with Crippen LogP contribution in [-0.4, -0.2) is 19.4 Å². The Morgan fingerprint density at radius 2 is 2.38 bits per heavy atom. The first-order valence-electron chi connectivity index (χ1n) is 2.59. The van der Waals surface area contributed by atoms with Gasteiger partial charge in [0.15, 0.2) is 0 Å². The van der Waals surface area contributed by atoms with Crippen LogP contribution in [0.4, 0.5) is 0 Å². The maximum Gasteiger partial charge on any atom is 0.124 e. The van der Waals surface area contributed by atoms with Gasteiger partial charge in [0, 0.05) is 12.5 Å². The van der Waals surface area contributed by atoms with E-state index >= 15 is 0 Å². The Hall–Kier alpha value is -0.0800. The Labute approximate surface area is 55.1 Å². The summed E-state index contributed by atoms with van der Waals surface area (Å²) in [7, 11) is 0. The molecule has 1 aliphatic rings. The van der Waals surface area contributed by atoms with Gasteiger partial charge in [0.2, 0.25) is 0 Å². The molecule has 0 aromatic rings. The van der Waals surface area contributed by atoms with Gasteiger partial charge in [0.05, 0.1) is 0 Å². The summed E-state index contributed by atoms with van der Waals surface area (Å²) in [5, 5.41) is 3.09. The molecule has 8 heavy (non-hydrogen) atoms. The van der Waals surface area contributed by atoms with Crippen molar-refractivity contribution in [3.63, 3.8) is 0 Å². The van der Waals surface area contributed by atoms with E-state index in [1.165, 1.54) is 0 Å². The summed E-state index contributed by atoms with van der Waals surface area (Å²) < 4.78 is 0. The summed E-state index contributed by atoms with van der Waals surface area (Å²) >= 11 is 0. The highest BCUT2D eigenvalue weighted by Crippen LogP contribution is 2.01. The number of carbonyl (C=O) groups excluding carboxylic acids is 1. The quantitative estimate of drug-likeness (QED) is 0.521. The lowest BCUT2D eigenvalue weighted by molar-refractivity contribution is -0.110. The minimum absolute atomic E-state index is 0. The normalized spacial score (nSPS) is 26.8. The highest BCUT2D eigenvalue weighted by atomic mass is 35.5. The molecule has 0 amide bonds. The number of hydrogen-bond acceptors (Lipinski definition) is 2. The molecule has 48 valence electrons. The van der Waals surface area contributed by atoms with E-state index in [9.17, 15) is 4.79 Å². The first-order chi connectivity index (χ1) is 3.43. The van der Waals surface area contributed by atoms with Crippen molar-refractivity contribution in [2.75, 3.05) is 13.1 Å². The number of carbonyl (C=O) groups is 1. The van der Waals surface area contributed by atoms with E-state index in [0.29, 0.717) is 5.92 Å². The van der Waals surface area contributed by atoms with Crippen LogP contribution in [0.3, 0.4) is 0 Å². The van der Waals surface area contributed by atoms with E-state index in [0.717, 1.165) is 25.8 Å². The third-order valence-electron chi connectivity index (χ3n) is 1.29. The molecule has 1 saturated heterocycles. The van der Waals surface area contributed by atoms with Gasteiger partial charge in [-0.05, 0) is 13.0 Å². The minimum Gasteiger partial charge on any atom is -0.316 e. The van der Waals surface area contributed by atoms with Crippen molar-refractivity contribution in [3.05, 3.63) is 0 Å². The summed E-state index contributed by atoms with van der Waals surface area (Å²) in [5.74, 6) is 0.306. The predicted octanol–water partition coefficient (Wildman–Crippen LogP) is 0.217. The molecule has 1 atom stereocenters. The van der Waals surface area contributed by atoms with Crippen LogP contribution in [-0.2, 0) is 4.79 Å². The third-order valence-corrected chi connectivity index (χ3v) is 1.29. The first kappa shape index (κ1) is 7.92. The molecule has 2 nitrogen and oxygen atoms in total. The lowest BCUT2D eigenvalue weighted by atomic mass is 10.2. The van der Waals surface area contributed by atoms with Crippen molar-refractivity contribution in [1.82, 2.24) is 5.32 Å². The first-order valence-corrected chi connectivity index (χ1v) is 2.59. The van der Waals surface area contributed by atoms with Crippen molar-refractivity contribution in [2.45, 2.75) is 6.42 Å². The zero-order valence-corrected chi connectivity index (χ0v) is 5.41. The number of nitrogens with one attached hydrogen (secondary N) is 1. The van der Waals surface area contributed by atoms with E-state index in [-0.39, 0.29) is 12.4 Å². The van der Waals surface area contributed by atoms with Gasteiger partial charge in [-0.1, -0.05) is 0 Å². The van der Waals surface area contributed by atoms with E-state index in [4.69, 9.17) is 0 Å². The molecule has 0 radical (unpaired) electrons. The van der Waals surface area contributed by atoms with Crippen molar-refractivity contribution < 1.29 is 4.79 Å². The van der Waals surface area contributed by atoms with Gasteiger partial charge in [0.1, 0.15) is 6.29 Å². The average Bonchev–Trinajstić information content (AvgIpc) is 2.14. The maximum absolute atomic E-state index is 9.97. The van der Waals surface area contributed by atoms with Gasteiger partial charge < -0.3 is 10.1 Å². The maximum atomic E-state index is 9.97. The number of rotatable bonds is 1. The lowest BCUT2D eigenvalue weighted by Crippen LogP contribution is -2.09. The Kier molecular flexibility index (Phi) is 3.83. The molecule has 1 heterocycles. The fourth-order valence-electron chi connectivity index (χ4n) is 0.793. The van der Waals surface area contributed by atoms with Crippen LogP contribution in [0.25, 0.3) is 0 Å². The van der Waals surface area contributed by atoms with Gasteiger partial charge in [-0.25, -0.2) is 0 Å². The second-order valence-corrected chi connectivity index (χ2v) is 1.89. The summed E-state index contributed by atoms with van der Waals surface area (Å²) in [5.41, 5.74) is 0. The summed E-state index contributed by atoms with van der Waals surface area (Å²) in [6.45, 7) is 1.91. The van der Waals surface area contributed by atoms with Crippen molar-refractivity contribution >= 4 is 18.7 Å². The Morgan fingerprint density at radius 3 is 2.62 bits per heavy atom. The van der Waals surface area contributed by atoms with Crippen molar-refractivity contribution in [2.24, 2.45) is 5.92 Å². The molecule has 1 aliphatic heterocycles. The second-order valence-electron chi connectivity index (χ2n) is 1.89. The zero-order chi connectivity index (χ0) is 5.11. The van der Waals surface area contributed by atoms with Crippen LogP contribution in [0, 0.1) is 5.92 Å². The molecular weight excluding hydrogens is 126 g/mol. The fourth-order valence-corrected chi connectivity index (χ4v) is 0.793. The zero-order valence-electron chi connectivity index (χ0n) is 4.59. The van der Waals surface area contributed by atoms with Gasteiger partial charge >= 0.3 is 0 Å². The monoisotopic (exact) mass is 135 g/mol.